The standard InChI is InChI=1S/C10H15ClN2O/c11-10-8-13-5-3-9(10)7-12-4-1-2-6-14/h3,5,8,12,14H,1-2,4,6-7H2. The average molecular weight is 215 g/mol. The summed E-state index contributed by atoms with van der Waals surface area (Å²) in [5.41, 5.74) is 1.06. The molecule has 0 radical (unpaired) electrons. The van der Waals surface area contributed by atoms with Gasteiger partial charge in [-0.05, 0) is 31.0 Å². The molecule has 4 heteroatoms. The number of hydrogen-bond donors (Lipinski definition) is 2. The van der Waals surface area contributed by atoms with Crippen LogP contribution in [0.4, 0.5) is 0 Å². The van der Waals surface area contributed by atoms with Crippen LogP contribution in [-0.2, 0) is 6.54 Å². The van der Waals surface area contributed by atoms with Crippen molar-refractivity contribution in [2.45, 2.75) is 19.4 Å². The van der Waals surface area contributed by atoms with Crippen LogP contribution in [0.25, 0.3) is 0 Å². The van der Waals surface area contributed by atoms with Gasteiger partial charge in [-0.1, -0.05) is 11.6 Å². The van der Waals surface area contributed by atoms with Gasteiger partial charge in [0.2, 0.25) is 0 Å². The van der Waals surface area contributed by atoms with Gasteiger partial charge in [-0.15, -0.1) is 0 Å². The Morgan fingerprint density at radius 3 is 3.00 bits per heavy atom. The number of hydrogen-bond acceptors (Lipinski definition) is 3. The van der Waals surface area contributed by atoms with E-state index in [4.69, 9.17) is 16.7 Å². The van der Waals surface area contributed by atoms with Gasteiger partial charge in [-0.2, -0.15) is 0 Å². The molecule has 0 aliphatic heterocycles. The van der Waals surface area contributed by atoms with E-state index in [9.17, 15) is 0 Å². The fourth-order valence-electron chi connectivity index (χ4n) is 1.13. The summed E-state index contributed by atoms with van der Waals surface area (Å²) < 4.78 is 0. The minimum absolute atomic E-state index is 0.262. The smallest absolute Gasteiger partial charge is 0.0634 e. The minimum Gasteiger partial charge on any atom is -0.396 e. The van der Waals surface area contributed by atoms with Crippen LogP contribution >= 0.6 is 11.6 Å². The molecule has 1 rings (SSSR count). The van der Waals surface area contributed by atoms with Gasteiger partial charge < -0.3 is 10.4 Å². The zero-order valence-electron chi connectivity index (χ0n) is 8.04. The van der Waals surface area contributed by atoms with E-state index in [0.717, 1.165) is 31.5 Å². The van der Waals surface area contributed by atoms with Gasteiger partial charge in [-0.25, -0.2) is 0 Å². The molecular formula is C10H15ClN2O. The van der Waals surface area contributed by atoms with Gasteiger partial charge in [-0.3, -0.25) is 4.98 Å². The monoisotopic (exact) mass is 214 g/mol. The van der Waals surface area contributed by atoms with E-state index in [-0.39, 0.29) is 6.61 Å². The lowest BCUT2D eigenvalue weighted by atomic mass is 10.2. The highest BCUT2D eigenvalue weighted by atomic mass is 35.5. The van der Waals surface area contributed by atoms with Gasteiger partial charge in [0.25, 0.3) is 0 Å². The summed E-state index contributed by atoms with van der Waals surface area (Å²) in [5.74, 6) is 0. The largest absolute Gasteiger partial charge is 0.396 e. The van der Waals surface area contributed by atoms with Crippen LogP contribution in [0.2, 0.25) is 5.02 Å². The third-order valence-electron chi connectivity index (χ3n) is 1.93. The number of aliphatic hydroxyl groups is 1. The molecule has 0 fully saturated rings. The summed E-state index contributed by atoms with van der Waals surface area (Å²) in [6.07, 6.45) is 5.21. The number of rotatable bonds is 6. The quantitative estimate of drug-likeness (QED) is 0.708. The number of pyridine rings is 1. The first-order valence-electron chi connectivity index (χ1n) is 4.74. The fourth-order valence-corrected chi connectivity index (χ4v) is 1.32. The van der Waals surface area contributed by atoms with Crippen molar-refractivity contribution in [2.24, 2.45) is 0 Å². The second-order valence-corrected chi connectivity index (χ2v) is 3.48. The fraction of sp³-hybridized carbons (Fsp3) is 0.500. The van der Waals surface area contributed by atoms with E-state index in [1.807, 2.05) is 6.07 Å². The van der Waals surface area contributed by atoms with Crippen molar-refractivity contribution in [3.63, 3.8) is 0 Å². The zero-order valence-corrected chi connectivity index (χ0v) is 8.80. The zero-order chi connectivity index (χ0) is 10.2. The van der Waals surface area contributed by atoms with Crippen molar-refractivity contribution in [2.75, 3.05) is 13.2 Å². The predicted molar refractivity (Wildman–Crippen MR) is 57.3 cm³/mol. The number of halogens is 1. The summed E-state index contributed by atoms with van der Waals surface area (Å²) in [5, 5.41) is 12.5. The van der Waals surface area contributed by atoms with E-state index in [1.54, 1.807) is 12.4 Å². The Morgan fingerprint density at radius 1 is 1.43 bits per heavy atom. The molecule has 0 amide bonds. The molecule has 78 valence electrons. The van der Waals surface area contributed by atoms with Crippen LogP contribution < -0.4 is 5.32 Å². The van der Waals surface area contributed by atoms with Gasteiger partial charge in [0, 0.05) is 25.5 Å². The Bertz CT molecular complexity index is 268. The molecule has 0 aromatic carbocycles. The Balaban J connectivity index is 2.21. The third-order valence-corrected chi connectivity index (χ3v) is 2.27. The van der Waals surface area contributed by atoms with E-state index in [2.05, 4.69) is 10.3 Å². The minimum atomic E-state index is 0.262. The highest BCUT2D eigenvalue weighted by molar-refractivity contribution is 6.31. The maximum absolute atomic E-state index is 8.57. The number of aliphatic hydroxyl groups excluding tert-OH is 1. The molecule has 3 nitrogen and oxygen atoms in total. The summed E-state index contributed by atoms with van der Waals surface area (Å²) in [6.45, 7) is 1.92. The van der Waals surface area contributed by atoms with Crippen molar-refractivity contribution in [1.82, 2.24) is 10.3 Å². The molecule has 0 unspecified atom stereocenters. The number of nitrogens with zero attached hydrogens (tertiary/aromatic N) is 1. The highest BCUT2D eigenvalue weighted by Crippen LogP contribution is 2.12. The number of unbranched alkanes of at least 4 members (excludes halogenated alkanes) is 1. The normalized spacial score (nSPS) is 10.4. The molecule has 0 saturated heterocycles. The summed E-state index contributed by atoms with van der Waals surface area (Å²) >= 11 is 5.92. The molecule has 1 aromatic rings. The van der Waals surface area contributed by atoms with Crippen molar-refractivity contribution >= 4 is 11.6 Å². The number of aromatic nitrogens is 1. The van der Waals surface area contributed by atoms with Gasteiger partial charge in [0.15, 0.2) is 0 Å². The maximum atomic E-state index is 8.57. The Morgan fingerprint density at radius 2 is 2.29 bits per heavy atom. The molecule has 0 aliphatic carbocycles. The summed E-state index contributed by atoms with van der Waals surface area (Å²) in [4.78, 5) is 3.91. The molecule has 0 spiro atoms. The SMILES string of the molecule is OCCCCNCc1ccncc1Cl. The first-order chi connectivity index (χ1) is 6.84. The molecule has 0 saturated carbocycles. The molecular weight excluding hydrogens is 200 g/mol. The van der Waals surface area contributed by atoms with Crippen LogP contribution in [-0.4, -0.2) is 23.2 Å². The van der Waals surface area contributed by atoms with Crippen LogP contribution in [0.5, 0.6) is 0 Å². The Labute approximate surface area is 89.1 Å². The van der Waals surface area contributed by atoms with E-state index in [0.29, 0.717) is 5.02 Å². The lowest BCUT2D eigenvalue weighted by Crippen LogP contribution is -2.15. The first-order valence-corrected chi connectivity index (χ1v) is 5.12. The molecule has 0 bridgehead atoms. The molecule has 1 aromatic heterocycles. The predicted octanol–water partition coefficient (Wildman–Crippen LogP) is 1.60. The van der Waals surface area contributed by atoms with Crippen molar-refractivity contribution in [3.8, 4) is 0 Å². The average Bonchev–Trinajstić information content (AvgIpc) is 2.20. The van der Waals surface area contributed by atoms with Crippen LogP contribution in [0.15, 0.2) is 18.5 Å². The highest BCUT2D eigenvalue weighted by Gasteiger charge is 1.97. The lowest BCUT2D eigenvalue weighted by Gasteiger charge is -2.05. The maximum Gasteiger partial charge on any atom is 0.0634 e. The van der Waals surface area contributed by atoms with Crippen molar-refractivity contribution < 1.29 is 5.11 Å². The topological polar surface area (TPSA) is 45.1 Å². The van der Waals surface area contributed by atoms with Crippen molar-refractivity contribution in [3.05, 3.63) is 29.0 Å². The first kappa shape index (κ1) is 11.4. The second-order valence-electron chi connectivity index (χ2n) is 3.07. The van der Waals surface area contributed by atoms with Crippen LogP contribution in [0.3, 0.4) is 0 Å². The van der Waals surface area contributed by atoms with Crippen LogP contribution in [0, 0.1) is 0 Å². The van der Waals surface area contributed by atoms with Crippen LogP contribution in [0.1, 0.15) is 18.4 Å². The van der Waals surface area contributed by atoms with Gasteiger partial charge in [0.1, 0.15) is 0 Å². The second kappa shape index (κ2) is 6.76. The number of nitrogens with one attached hydrogen (secondary N) is 1. The summed E-state index contributed by atoms with van der Waals surface area (Å²) in [6, 6.07) is 1.90. The van der Waals surface area contributed by atoms with Gasteiger partial charge in [0.05, 0.1) is 5.02 Å². The molecule has 2 N–H and O–H groups in total. The molecule has 0 aliphatic rings. The lowest BCUT2D eigenvalue weighted by molar-refractivity contribution is 0.283. The Hall–Kier alpha value is -0.640. The van der Waals surface area contributed by atoms with E-state index in [1.165, 1.54) is 0 Å². The van der Waals surface area contributed by atoms with E-state index < -0.39 is 0 Å². The third kappa shape index (κ3) is 4.05. The molecule has 0 atom stereocenters. The summed E-state index contributed by atoms with van der Waals surface area (Å²) in [7, 11) is 0. The van der Waals surface area contributed by atoms with Gasteiger partial charge >= 0.3 is 0 Å². The van der Waals surface area contributed by atoms with E-state index >= 15 is 0 Å². The van der Waals surface area contributed by atoms with Crippen molar-refractivity contribution in [1.29, 1.82) is 0 Å². The molecule has 14 heavy (non-hydrogen) atoms. The molecule has 1 heterocycles. The Kier molecular flexibility index (Phi) is 5.52.